The van der Waals surface area contributed by atoms with Crippen molar-refractivity contribution >= 4 is 21.6 Å². The largest absolute Gasteiger partial charge is 0.399 e. The summed E-state index contributed by atoms with van der Waals surface area (Å²) in [6, 6.07) is 5.31. The molecule has 0 atom stereocenters. The summed E-state index contributed by atoms with van der Waals surface area (Å²) in [7, 11) is 0. The highest BCUT2D eigenvalue weighted by molar-refractivity contribution is 9.10. The third-order valence-corrected chi connectivity index (χ3v) is 2.55. The predicted octanol–water partition coefficient (Wildman–Crippen LogP) is 1.51. The van der Waals surface area contributed by atoms with Gasteiger partial charge in [-0.3, -0.25) is 4.57 Å². The fourth-order valence-electron chi connectivity index (χ4n) is 1.22. The molecule has 0 bridgehead atoms. The molecule has 2 rings (SSSR count). The smallest absolute Gasteiger partial charge is 0.330 e. The first-order chi connectivity index (χ1) is 6.68. The predicted molar refractivity (Wildman–Crippen MR) is 58.5 cm³/mol. The van der Waals surface area contributed by atoms with Gasteiger partial charge in [0.1, 0.15) is 0 Å². The summed E-state index contributed by atoms with van der Waals surface area (Å²) in [4.78, 5) is 13.9. The van der Waals surface area contributed by atoms with Gasteiger partial charge in [-0.2, -0.15) is 0 Å². The van der Waals surface area contributed by atoms with Crippen molar-refractivity contribution in [3.05, 3.63) is 45.5 Å². The van der Waals surface area contributed by atoms with Crippen LogP contribution in [0.25, 0.3) is 5.69 Å². The van der Waals surface area contributed by atoms with Gasteiger partial charge in [0.05, 0.1) is 5.69 Å². The minimum atomic E-state index is -0.184. The number of aromatic amines is 1. The lowest BCUT2D eigenvalue weighted by molar-refractivity contribution is 0.982. The number of anilines is 1. The van der Waals surface area contributed by atoms with Crippen LogP contribution in [0.3, 0.4) is 0 Å². The number of nitrogens with zero attached hydrogens (tertiary/aromatic N) is 1. The fraction of sp³-hybridized carbons (Fsp3) is 0. The second kappa shape index (κ2) is 3.34. The van der Waals surface area contributed by atoms with E-state index in [1.807, 2.05) is 6.07 Å². The number of nitrogen functional groups attached to an aromatic ring is 1. The Balaban J connectivity index is 2.68. The molecule has 5 heteroatoms. The number of imidazole rings is 1. The van der Waals surface area contributed by atoms with Crippen LogP contribution in [-0.2, 0) is 0 Å². The third-order valence-electron chi connectivity index (χ3n) is 1.88. The molecule has 0 unspecified atom stereocenters. The van der Waals surface area contributed by atoms with Crippen LogP contribution in [0.4, 0.5) is 5.69 Å². The number of hydrogen-bond acceptors (Lipinski definition) is 2. The molecule has 0 aliphatic heterocycles. The van der Waals surface area contributed by atoms with Crippen molar-refractivity contribution in [3.63, 3.8) is 0 Å². The van der Waals surface area contributed by atoms with Crippen LogP contribution in [0.2, 0.25) is 0 Å². The van der Waals surface area contributed by atoms with Gasteiger partial charge < -0.3 is 10.7 Å². The zero-order valence-electron chi connectivity index (χ0n) is 7.20. The molecule has 0 saturated carbocycles. The summed E-state index contributed by atoms with van der Waals surface area (Å²) in [5.74, 6) is 0. The van der Waals surface area contributed by atoms with Crippen molar-refractivity contribution < 1.29 is 0 Å². The number of aromatic nitrogens is 2. The SMILES string of the molecule is Nc1ccc(Br)c(-n2cc[nH]c2=O)c1. The summed E-state index contributed by atoms with van der Waals surface area (Å²) < 4.78 is 2.31. The number of halogens is 1. The number of nitrogens with two attached hydrogens (primary N) is 1. The molecule has 1 aromatic carbocycles. The maximum Gasteiger partial charge on any atom is 0.330 e. The van der Waals surface area contributed by atoms with E-state index in [4.69, 9.17) is 5.73 Å². The molecule has 0 aliphatic rings. The van der Waals surface area contributed by atoms with E-state index < -0.39 is 0 Å². The molecular weight excluding hydrogens is 246 g/mol. The highest BCUT2D eigenvalue weighted by Gasteiger charge is 2.04. The van der Waals surface area contributed by atoms with Gasteiger partial charge in [0, 0.05) is 22.6 Å². The van der Waals surface area contributed by atoms with Crippen molar-refractivity contribution in [1.82, 2.24) is 9.55 Å². The summed E-state index contributed by atoms with van der Waals surface area (Å²) in [6.45, 7) is 0. The number of hydrogen-bond donors (Lipinski definition) is 2. The standard InChI is InChI=1S/C9H8BrN3O/c10-7-2-1-6(11)5-8(7)13-4-3-12-9(13)14/h1-5H,11H2,(H,12,14). The van der Waals surface area contributed by atoms with Crippen LogP contribution in [0.5, 0.6) is 0 Å². The van der Waals surface area contributed by atoms with Gasteiger partial charge in [-0.1, -0.05) is 0 Å². The average molecular weight is 254 g/mol. The molecule has 0 radical (unpaired) electrons. The Morgan fingerprint density at radius 2 is 2.21 bits per heavy atom. The topological polar surface area (TPSA) is 63.8 Å². The molecule has 14 heavy (non-hydrogen) atoms. The second-order valence-electron chi connectivity index (χ2n) is 2.85. The molecule has 0 aliphatic carbocycles. The van der Waals surface area contributed by atoms with Gasteiger partial charge in [-0.15, -0.1) is 0 Å². The molecule has 2 aromatic rings. The van der Waals surface area contributed by atoms with Crippen molar-refractivity contribution in [2.75, 3.05) is 5.73 Å². The Labute approximate surface area is 88.5 Å². The van der Waals surface area contributed by atoms with E-state index in [1.54, 1.807) is 24.5 Å². The first kappa shape index (κ1) is 9.08. The van der Waals surface area contributed by atoms with E-state index in [0.717, 1.165) is 10.2 Å². The Kier molecular flexibility index (Phi) is 2.17. The normalized spacial score (nSPS) is 10.4. The van der Waals surface area contributed by atoms with E-state index in [1.165, 1.54) is 4.57 Å². The van der Waals surface area contributed by atoms with Gasteiger partial charge in [-0.25, -0.2) is 4.79 Å². The van der Waals surface area contributed by atoms with Gasteiger partial charge in [0.15, 0.2) is 0 Å². The third kappa shape index (κ3) is 1.46. The van der Waals surface area contributed by atoms with Crippen LogP contribution in [0.15, 0.2) is 39.9 Å². The second-order valence-corrected chi connectivity index (χ2v) is 3.70. The fourth-order valence-corrected chi connectivity index (χ4v) is 1.66. The van der Waals surface area contributed by atoms with E-state index >= 15 is 0 Å². The lowest BCUT2D eigenvalue weighted by Crippen LogP contribution is -2.14. The zero-order chi connectivity index (χ0) is 10.1. The minimum Gasteiger partial charge on any atom is -0.399 e. The molecule has 4 nitrogen and oxygen atoms in total. The van der Waals surface area contributed by atoms with Crippen LogP contribution in [0, 0.1) is 0 Å². The summed E-state index contributed by atoms with van der Waals surface area (Å²) in [5.41, 5.74) is 6.81. The van der Waals surface area contributed by atoms with Gasteiger partial charge >= 0.3 is 5.69 Å². The highest BCUT2D eigenvalue weighted by atomic mass is 79.9. The highest BCUT2D eigenvalue weighted by Crippen LogP contribution is 2.21. The van der Waals surface area contributed by atoms with Crippen LogP contribution < -0.4 is 11.4 Å². The van der Waals surface area contributed by atoms with Crippen LogP contribution >= 0.6 is 15.9 Å². The van der Waals surface area contributed by atoms with Crippen molar-refractivity contribution in [2.24, 2.45) is 0 Å². The lowest BCUT2D eigenvalue weighted by atomic mass is 10.3. The summed E-state index contributed by atoms with van der Waals surface area (Å²) in [5, 5.41) is 0. The van der Waals surface area contributed by atoms with E-state index in [9.17, 15) is 4.79 Å². The average Bonchev–Trinajstić information content (AvgIpc) is 2.56. The number of H-pyrrole nitrogens is 1. The molecule has 0 fully saturated rings. The Morgan fingerprint density at radius 1 is 1.43 bits per heavy atom. The van der Waals surface area contributed by atoms with Gasteiger partial charge in [-0.05, 0) is 34.1 Å². The number of nitrogens with one attached hydrogen (secondary N) is 1. The molecule has 3 N–H and O–H groups in total. The van der Waals surface area contributed by atoms with Crippen LogP contribution in [-0.4, -0.2) is 9.55 Å². The number of rotatable bonds is 1. The summed E-state index contributed by atoms with van der Waals surface area (Å²) in [6.07, 6.45) is 3.24. The van der Waals surface area contributed by atoms with Gasteiger partial charge in [0.2, 0.25) is 0 Å². The van der Waals surface area contributed by atoms with Crippen molar-refractivity contribution in [1.29, 1.82) is 0 Å². The maximum absolute atomic E-state index is 11.3. The minimum absolute atomic E-state index is 0.184. The molecule has 0 spiro atoms. The molecule has 0 amide bonds. The Hall–Kier alpha value is -1.49. The molecular formula is C9H8BrN3O. The maximum atomic E-state index is 11.3. The Morgan fingerprint density at radius 3 is 2.86 bits per heavy atom. The van der Waals surface area contributed by atoms with E-state index in [2.05, 4.69) is 20.9 Å². The monoisotopic (exact) mass is 253 g/mol. The molecule has 1 aromatic heterocycles. The van der Waals surface area contributed by atoms with Crippen molar-refractivity contribution in [2.45, 2.75) is 0 Å². The van der Waals surface area contributed by atoms with E-state index in [-0.39, 0.29) is 5.69 Å². The first-order valence-electron chi connectivity index (χ1n) is 4.00. The zero-order valence-corrected chi connectivity index (χ0v) is 8.78. The molecule has 1 heterocycles. The van der Waals surface area contributed by atoms with Gasteiger partial charge in [0.25, 0.3) is 0 Å². The van der Waals surface area contributed by atoms with E-state index in [0.29, 0.717) is 5.69 Å². The molecule has 0 saturated heterocycles. The number of benzene rings is 1. The first-order valence-corrected chi connectivity index (χ1v) is 4.79. The quantitative estimate of drug-likeness (QED) is 0.757. The molecule has 72 valence electrons. The summed E-state index contributed by atoms with van der Waals surface area (Å²) >= 11 is 3.36. The van der Waals surface area contributed by atoms with Crippen molar-refractivity contribution in [3.8, 4) is 5.69 Å². The van der Waals surface area contributed by atoms with Crippen LogP contribution in [0.1, 0.15) is 0 Å². The Bertz CT molecular complexity index is 515. The lowest BCUT2D eigenvalue weighted by Gasteiger charge is -2.04.